The van der Waals surface area contributed by atoms with Crippen LogP contribution in [0.4, 0.5) is 10.5 Å². The van der Waals surface area contributed by atoms with E-state index in [-0.39, 0.29) is 23.8 Å². The smallest absolute Gasteiger partial charge is 0.285 e. The lowest BCUT2D eigenvalue weighted by Gasteiger charge is -2.34. The zero-order chi connectivity index (χ0) is 20.8. The molecule has 0 saturated heterocycles. The predicted molar refractivity (Wildman–Crippen MR) is 110 cm³/mol. The number of urea groups is 1. The molecule has 0 bridgehead atoms. The molecule has 1 aliphatic heterocycles. The lowest BCUT2D eigenvalue weighted by molar-refractivity contribution is 0.225. The summed E-state index contributed by atoms with van der Waals surface area (Å²) in [5, 5.41) is 5.07. The quantitative estimate of drug-likeness (QED) is 0.600. The number of aromatic nitrogens is 2. The number of hydrogen-bond acceptors (Lipinski definition) is 4. The van der Waals surface area contributed by atoms with Crippen molar-refractivity contribution in [2.45, 2.75) is 18.1 Å². The Morgan fingerprint density at radius 1 is 0.966 bits per heavy atom. The molecule has 2 aromatic carbocycles. The highest BCUT2D eigenvalue weighted by Gasteiger charge is 2.44. The van der Waals surface area contributed by atoms with Gasteiger partial charge in [-0.2, -0.15) is 13.5 Å². The lowest BCUT2D eigenvalue weighted by Crippen LogP contribution is -2.50. The number of fused-ring (bicyclic) bond motifs is 1. The molecule has 150 valence electrons. The Hall–Kier alpha value is -2.55. The molecular weight excluding hydrogens is 435 g/mol. The molecule has 4 rings (SSSR count). The maximum Gasteiger partial charge on any atom is 0.339 e. The van der Waals surface area contributed by atoms with Gasteiger partial charge in [0.2, 0.25) is 0 Å². The van der Waals surface area contributed by atoms with Gasteiger partial charge >= 0.3 is 6.03 Å². The highest BCUT2D eigenvalue weighted by molar-refractivity contribution is 7.89. The van der Waals surface area contributed by atoms with E-state index >= 15 is 0 Å². The summed E-state index contributed by atoms with van der Waals surface area (Å²) < 4.78 is 28.5. The van der Waals surface area contributed by atoms with Crippen molar-refractivity contribution in [1.82, 2.24) is 14.1 Å². The first kappa shape index (κ1) is 19.8. The van der Waals surface area contributed by atoms with Crippen molar-refractivity contribution in [3.63, 3.8) is 0 Å². The van der Waals surface area contributed by atoms with Crippen LogP contribution in [-0.4, -0.2) is 28.5 Å². The van der Waals surface area contributed by atoms with Gasteiger partial charge < -0.3 is 0 Å². The summed E-state index contributed by atoms with van der Waals surface area (Å²) in [4.78, 5) is 14.7. The zero-order valence-corrected chi connectivity index (χ0v) is 17.6. The molecule has 0 aliphatic carbocycles. The second kappa shape index (κ2) is 7.37. The maximum absolute atomic E-state index is 13.3. The summed E-state index contributed by atoms with van der Waals surface area (Å²) >= 11 is 12.0. The van der Waals surface area contributed by atoms with Crippen molar-refractivity contribution in [2.24, 2.45) is 7.05 Å². The summed E-state index contributed by atoms with van der Waals surface area (Å²) in [6.45, 7) is 0.0414. The molecule has 0 spiro atoms. The van der Waals surface area contributed by atoms with E-state index in [1.807, 2.05) is 0 Å². The number of sulfonamides is 1. The number of hydrogen-bond donors (Lipinski definition) is 0. The van der Waals surface area contributed by atoms with E-state index in [0.29, 0.717) is 15.6 Å². The van der Waals surface area contributed by atoms with Crippen LogP contribution in [0.15, 0.2) is 59.8 Å². The fraction of sp³-hybridized carbons (Fsp3) is 0.158. The summed E-state index contributed by atoms with van der Waals surface area (Å²) in [6, 6.07) is 13.1. The molecule has 29 heavy (non-hydrogen) atoms. The van der Waals surface area contributed by atoms with Gasteiger partial charge in [0.05, 0.1) is 19.3 Å². The standard InChI is InChI=1S/C19H16Cl2N4O3S/c1-23-18-17(10-22-23)24(11-13-5-7-15(20)8-6-13)19(26)25(29(18,27)28)12-14-3-2-4-16(21)9-14/h2-10H,11-12H2,1H3. The number of carbonyl (C=O) groups excluding carboxylic acids is 1. The summed E-state index contributed by atoms with van der Waals surface area (Å²) in [5.41, 5.74) is 1.65. The molecule has 0 unspecified atom stereocenters. The van der Waals surface area contributed by atoms with Gasteiger partial charge in [0.15, 0.2) is 5.03 Å². The molecule has 1 aliphatic rings. The minimum Gasteiger partial charge on any atom is -0.285 e. The predicted octanol–water partition coefficient (Wildman–Crippen LogP) is 4.06. The van der Waals surface area contributed by atoms with E-state index in [0.717, 1.165) is 9.87 Å². The number of benzene rings is 2. The Morgan fingerprint density at radius 3 is 2.38 bits per heavy atom. The Morgan fingerprint density at radius 2 is 1.69 bits per heavy atom. The molecule has 0 fully saturated rings. The van der Waals surface area contributed by atoms with Crippen LogP contribution >= 0.6 is 23.2 Å². The van der Waals surface area contributed by atoms with Crippen LogP contribution in [0.2, 0.25) is 10.0 Å². The molecule has 1 aromatic heterocycles. The Kier molecular flexibility index (Phi) is 5.02. The third-order valence-electron chi connectivity index (χ3n) is 4.60. The molecule has 0 saturated carbocycles. The van der Waals surface area contributed by atoms with Crippen LogP contribution < -0.4 is 4.90 Å². The molecule has 0 atom stereocenters. The molecule has 2 heterocycles. The van der Waals surface area contributed by atoms with E-state index in [1.165, 1.54) is 22.8 Å². The van der Waals surface area contributed by atoms with E-state index < -0.39 is 16.1 Å². The number of rotatable bonds is 4. The first-order valence-corrected chi connectivity index (χ1v) is 10.8. The molecule has 0 radical (unpaired) electrons. The molecule has 0 N–H and O–H groups in total. The van der Waals surface area contributed by atoms with Gasteiger partial charge in [0.1, 0.15) is 5.69 Å². The topological polar surface area (TPSA) is 75.5 Å². The summed E-state index contributed by atoms with van der Waals surface area (Å²) in [5.74, 6) is 0. The first-order chi connectivity index (χ1) is 13.8. The highest BCUT2D eigenvalue weighted by Crippen LogP contribution is 2.36. The molecule has 3 aromatic rings. The summed E-state index contributed by atoms with van der Waals surface area (Å²) in [6.07, 6.45) is 1.39. The number of anilines is 1. The monoisotopic (exact) mass is 450 g/mol. The number of carbonyl (C=O) groups is 1. The van der Waals surface area contributed by atoms with Crippen LogP contribution in [-0.2, 0) is 30.2 Å². The lowest BCUT2D eigenvalue weighted by atomic mass is 10.2. The Labute approximate surface area is 178 Å². The number of amides is 2. The van der Waals surface area contributed by atoms with Crippen LogP contribution in [0, 0.1) is 0 Å². The largest absolute Gasteiger partial charge is 0.339 e. The van der Waals surface area contributed by atoms with E-state index in [9.17, 15) is 13.2 Å². The molecular formula is C19H16Cl2N4O3S. The van der Waals surface area contributed by atoms with Crippen LogP contribution in [0.1, 0.15) is 11.1 Å². The third-order valence-corrected chi connectivity index (χ3v) is 6.92. The minimum absolute atomic E-state index is 0.0342. The second-order valence-corrected chi connectivity index (χ2v) is 9.25. The van der Waals surface area contributed by atoms with Crippen molar-refractivity contribution < 1.29 is 13.2 Å². The number of halogens is 2. The van der Waals surface area contributed by atoms with Crippen molar-refractivity contribution in [3.05, 3.63) is 75.9 Å². The summed E-state index contributed by atoms with van der Waals surface area (Å²) in [7, 11) is -2.55. The van der Waals surface area contributed by atoms with Gasteiger partial charge in [-0.1, -0.05) is 47.5 Å². The van der Waals surface area contributed by atoms with Crippen LogP contribution in [0.25, 0.3) is 0 Å². The van der Waals surface area contributed by atoms with Gasteiger partial charge in [-0.25, -0.2) is 9.10 Å². The van der Waals surface area contributed by atoms with Crippen molar-refractivity contribution in [2.75, 3.05) is 4.90 Å². The number of nitrogens with zero attached hydrogens (tertiary/aromatic N) is 4. The van der Waals surface area contributed by atoms with Crippen molar-refractivity contribution >= 4 is 44.9 Å². The van der Waals surface area contributed by atoms with Gasteiger partial charge in [-0.3, -0.25) is 9.58 Å². The fourth-order valence-electron chi connectivity index (χ4n) is 3.22. The van der Waals surface area contributed by atoms with Crippen LogP contribution in [0.5, 0.6) is 0 Å². The minimum atomic E-state index is -4.08. The van der Waals surface area contributed by atoms with Gasteiger partial charge in [-0.15, -0.1) is 0 Å². The molecule has 10 heteroatoms. The van der Waals surface area contributed by atoms with Gasteiger partial charge in [0.25, 0.3) is 10.0 Å². The first-order valence-electron chi connectivity index (χ1n) is 8.62. The molecule has 2 amide bonds. The van der Waals surface area contributed by atoms with Gasteiger partial charge in [0, 0.05) is 17.1 Å². The fourth-order valence-corrected chi connectivity index (χ4v) is 5.20. The number of aryl methyl sites for hydroxylation is 1. The second-order valence-electron chi connectivity index (χ2n) is 6.60. The van der Waals surface area contributed by atoms with Crippen LogP contribution in [0.3, 0.4) is 0 Å². The molecule has 7 nitrogen and oxygen atoms in total. The van der Waals surface area contributed by atoms with Crippen molar-refractivity contribution in [3.8, 4) is 0 Å². The average Bonchev–Trinajstić information content (AvgIpc) is 3.06. The zero-order valence-electron chi connectivity index (χ0n) is 15.3. The maximum atomic E-state index is 13.3. The van der Waals surface area contributed by atoms with E-state index in [1.54, 1.807) is 48.5 Å². The SMILES string of the molecule is Cn1ncc2c1S(=O)(=O)N(Cc1cccc(Cl)c1)C(=O)N2Cc1ccc(Cl)cc1. The van der Waals surface area contributed by atoms with Crippen molar-refractivity contribution in [1.29, 1.82) is 0 Å². The Bertz CT molecular complexity index is 1190. The van der Waals surface area contributed by atoms with E-state index in [4.69, 9.17) is 23.2 Å². The highest BCUT2D eigenvalue weighted by atomic mass is 35.5. The normalized spacial score (nSPS) is 15.5. The van der Waals surface area contributed by atoms with Gasteiger partial charge in [-0.05, 0) is 35.4 Å². The average molecular weight is 451 g/mol. The van der Waals surface area contributed by atoms with E-state index in [2.05, 4.69) is 5.10 Å². The Balaban J connectivity index is 1.77. The third kappa shape index (κ3) is 3.59.